The number of nitrogens with one attached hydrogen (secondary N) is 1. The monoisotopic (exact) mass is 395 g/mol. The van der Waals surface area contributed by atoms with Crippen LogP contribution in [0.5, 0.6) is 5.75 Å². The van der Waals surface area contributed by atoms with Gasteiger partial charge in [-0.25, -0.2) is 23.5 Å². The highest BCUT2D eigenvalue weighted by Gasteiger charge is 2.32. The highest BCUT2D eigenvalue weighted by Crippen LogP contribution is 2.34. The molecule has 0 radical (unpaired) electrons. The lowest BCUT2D eigenvalue weighted by Crippen LogP contribution is -2.52. The topological polar surface area (TPSA) is 86.1 Å². The first kappa shape index (κ1) is 19.2. The van der Waals surface area contributed by atoms with E-state index in [2.05, 4.69) is 4.98 Å². The van der Waals surface area contributed by atoms with Crippen LogP contribution in [0.1, 0.15) is 45.1 Å². The molecule has 0 aliphatic heterocycles. The van der Waals surface area contributed by atoms with Gasteiger partial charge in [-0.3, -0.25) is 4.98 Å². The number of aromatic amines is 1. The van der Waals surface area contributed by atoms with Crippen LogP contribution in [0.25, 0.3) is 5.70 Å². The Labute approximate surface area is 168 Å². The minimum absolute atomic E-state index is 0.0355. The highest BCUT2D eigenvalue weighted by atomic mass is 16.5. The molecule has 0 spiro atoms. The number of nitrogens with zero attached hydrogens (tertiary/aromatic N) is 2. The highest BCUT2D eigenvalue weighted by molar-refractivity contribution is 5.57. The Hall–Kier alpha value is -3.09. The number of hydrogen-bond acceptors (Lipinski definition) is 4. The minimum Gasteiger partial charge on any atom is -0.490 e. The van der Waals surface area contributed by atoms with Gasteiger partial charge in [0.2, 0.25) is 0 Å². The van der Waals surface area contributed by atoms with Crippen LogP contribution < -0.4 is 21.8 Å². The van der Waals surface area contributed by atoms with Crippen LogP contribution in [0, 0.1) is 5.92 Å². The summed E-state index contributed by atoms with van der Waals surface area (Å²) in [4.78, 5) is 40.3. The van der Waals surface area contributed by atoms with Crippen molar-refractivity contribution in [1.29, 1.82) is 0 Å². The number of benzene rings is 1. The van der Waals surface area contributed by atoms with Crippen LogP contribution in [-0.2, 0) is 0 Å². The molecule has 7 nitrogen and oxygen atoms in total. The molecule has 1 N–H and O–H groups in total. The molecule has 2 aromatic rings. The number of hydrogen-bond donors (Lipinski definition) is 1. The van der Waals surface area contributed by atoms with Gasteiger partial charge in [0.1, 0.15) is 5.75 Å². The van der Waals surface area contributed by atoms with Crippen molar-refractivity contribution < 1.29 is 4.74 Å². The van der Waals surface area contributed by atoms with Gasteiger partial charge in [-0.05, 0) is 56.2 Å². The van der Waals surface area contributed by atoms with E-state index < -0.39 is 17.1 Å². The van der Waals surface area contributed by atoms with Crippen LogP contribution in [0.15, 0.2) is 62.9 Å². The number of allylic oxidation sites excluding steroid dienone is 4. The molecule has 29 heavy (non-hydrogen) atoms. The molecule has 1 fully saturated rings. The minimum atomic E-state index is -0.692. The maximum atomic E-state index is 13.1. The third-order valence-electron chi connectivity index (χ3n) is 5.72. The van der Waals surface area contributed by atoms with E-state index in [0.717, 1.165) is 36.0 Å². The van der Waals surface area contributed by atoms with Crippen molar-refractivity contribution in [3.63, 3.8) is 0 Å². The SMILES string of the molecule is CC1CC(Oc2ccccc2)CC[C@@H]1n1c(=O)[nH]c(=O)n(C2=CCCC=C2)c1=O. The van der Waals surface area contributed by atoms with Crippen molar-refractivity contribution in [3.8, 4) is 5.75 Å². The molecule has 0 amide bonds. The molecule has 7 heteroatoms. The van der Waals surface area contributed by atoms with E-state index >= 15 is 0 Å². The van der Waals surface area contributed by atoms with Crippen molar-refractivity contribution in [3.05, 3.63) is 80.0 Å². The first-order chi connectivity index (χ1) is 14.0. The van der Waals surface area contributed by atoms with Crippen LogP contribution in [-0.4, -0.2) is 20.2 Å². The zero-order valence-electron chi connectivity index (χ0n) is 16.4. The van der Waals surface area contributed by atoms with Crippen LogP contribution in [0.3, 0.4) is 0 Å². The molecule has 1 aromatic heterocycles. The predicted octanol–water partition coefficient (Wildman–Crippen LogP) is 2.70. The molecule has 2 aliphatic carbocycles. The van der Waals surface area contributed by atoms with Crippen molar-refractivity contribution >= 4 is 5.70 Å². The lowest BCUT2D eigenvalue weighted by Gasteiger charge is -2.34. The Balaban J connectivity index is 1.61. The molecule has 152 valence electrons. The Kier molecular flexibility index (Phi) is 5.38. The van der Waals surface area contributed by atoms with Gasteiger partial charge in [-0.1, -0.05) is 37.3 Å². The molecule has 4 rings (SSSR count). The predicted molar refractivity (Wildman–Crippen MR) is 111 cm³/mol. The first-order valence-electron chi connectivity index (χ1n) is 10.1. The second-order valence-corrected chi connectivity index (χ2v) is 7.74. The maximum absolute atomic E-state index is 13.1. The Bertz CT molecular complexity index is 1110. The molecule has 3 atom stereocenters. The molecular weight excluding hydrogens is 370 g/mol. The number of rotatable bonds is 4. The van der Waals surface area contributed by atoms with E-state index in [-0.39, 0.29) is 18.1 Å². The molecule has 0 bridgehead atoms. The van der Waals surface area contributed by atoms with Gasteiger partial charge in [0.05, 0.1) is 11.8 Å². The van der Waals surface area contributed by atoms with Crippen molar-refractivity contribution in [2.75, 3.05) is 0 Å². The summed E-state index contributed by atoms with van der Waals surface area (Å²) in [5.41, 5.74) is -1.39. The number of para-hydroxylation sites is 1. The van der Waals surface area contributed by atoms with E-state index in [1.807, 2.05) is 49.4 Å². The summed E-state index contributed by atoms with van der Waals surface area (Å²) in [7, 11) is 0. The van der Waals surface area contributed by atoms with Crippen molar-refractivity contribution in [2.45, 2.75) is 51.2 Å². The summed E-state index contributed by atoms with van der Waals surface area (Å²) >= 11 is 0. The zero-order valence-corrected chi connectivity index (χ0v) is 16.4. The van der Waals surface area contributed by atoms with Crippen LogP contribution >= 0.6 is 0 Å². The van der Waals surface area contributed by atoms with Gasteiger partial charge in [0.15, 0.2) is 0 Å². The summed E-state index contributed by atoms with van der Waals surface area (Å²) in [5.74, 6) is 0.876. The Morgan fingerprint density at radius 2 is 1.83 bits per heavy atom. The largest absolute Gasteiger partial charge is 0.490 e. The average molecular weight is 395 g/mol. The van der Waals surface area contributed by atoms with Crippen molar-refractivity contribution in [1.82, 2.24) is 14.1 Å². The molecule has 2 aliphatic rings. The Morgan fingerprint density at radius 1 is 1.03 bits per heavy atom. The summed E-state index contributed by atoms with van der Waals surface area (Å²) in [5, 5.41) is 0. The van der Waals surface area contributed by atoms with E-state index in [1.54, 1.807) is 6.08 Å². The fourth-order valence-corrected chi connectivity index (χ4v) is 4.29. The Morgan fingerprint density at radius 3 is 2.52 bits per heavy atom. The van der Waals surface area contributed by atoms with E-state index in [9.17, 15) is 14.4 Å². The van der Waals surface area contributed by atoms with Gasteiger partial charge in [-0.15, -0.1) is 0 Å². The average Bonchev–Trinajstić information content (AvgIpc) is 2.71. The molecule has 1 saturated carbocycles. The lowest BCUT2D eigenvalue weighted by molar-refractivity contribution is 0.0939. The smallest absolute Gasteiger partial charge is 0.341 e. The fraction of sp³-hybridized carbons (Fsp3) is 0.409. The third kappa shape index (κ3) is 3.90. The summed E-state index contributed by atoms with van der Waals surface area (Å²) < 4.78 is 8.34. The summed E-state index contributed by atoms with van der Waals surface area (Å²) in [6.07, 6.45) is 9.29. The van der Waals surface area contributed by atoms with Crippen LogP contribution in [0.4, 0.5) is 0 Å². The molecule has 1 heterocycles. The van der Waals surface area contributed by atoms with E-state index in [1.165, 1.54) is 4.57 Å². The normalized spacial score (nSPS) is 24.2. The zero-order chi connectivity index (χ0) is 20.4. The molecule has 0 saturated heterocycles. The summed E-state index contributed by atoms with van der Waals surface area (Å²) in [6, 6.07) is 9.38. The summed E-state index contributed by atoms with van der Waals surface area (Å²) in [6.45, 7) is 2.02. The van der Waals surface area contributed by atoms with Gasteiger partial charge < -0.3 is 4.74 Å². The third-order valence-corrected chi connectivity index (χ3v) is 5.72. The maximum Gasteiger partial charge on any atom is 0.341 e. The second kappa shape index (κ2) is 8.11. The molecule has 2 unspecified atom stereocenters. The number of ether oxygens (including phenoxy) is 1. The van der Waals surface area contributed by atoms with E-state index in [4.69, 9.17) is 4.74 Å². The molecular formula is C22H25N3O4. The van der Waals surface area contributed by atoms with Gasteiger partial charge >= 0.3 is 17.1 Å². The quantitative estimate of drug-likeness (QED) is 0.862. The van der Waals surface area contributed by atoms with Gasteiger partial charge in [0.25, 0.3) is 0 Å². The number of H-pyrrole nitrogens is 1. The second-order valence-electron chi connectivity index (χ2n) is 7.74. The van der Waals surface area contributed by atoms with Crippen molar-refractivity contribution in [2.24, 2.45) is 5.92 Å². The molecule has 1 aromatic carbocycles. The standard InChI is InChI=1S/C22H25N3O4/c1-15-14-18(29-17-10-6-3-7-11-17)12-13-19(15)25-21(27)23-20(26)24(22(25)28)16-8-4-2-5-9-16/h3-4,6-11,15,18-19H,2,5,12-14H2,1H3,(H,23,26,27)/t15?,18?,19-/m0/s1. The van der Waals surface area contributed by atoms with Gasteiger partial charge in [0, 0.05) is 6.04 Å². The van der Waals surface area contributed by atoms with Gasteiger partial charge in [-0.2, -0.15) is 0 Å². The van der Waals surface area contributed by atoms with E-state index in [0.29, 0.717) is 12.1 Å². The lowest BCUT2D eigenvalue weighted by atomic mass is 9.84. The fourth-order valence-electron chi connectivity index (χ4n) is 4.29. The number of aromatic nitrogens is 3. The van der Waals surface area contributed by atoms with Crippen LogP contribution in [0.2, 0.25) is 0 Å². The first-order valence-corrected chi connectivity index (χ1v) is 10.1.